The van der Waals surface area contributed by atoms with Gasteiger partial charge in [0.05, 0.1) is 6.04 Å². The van der Waals surface area contributed by atoms with Crippen LogP contribution in [0, 0.1) is 10.8 Å². The lowest BCUT2D eigenvalue weighted by Crippen LogP contribution is -2.26. The highest BCUT2D eigenvalue weighted by Crippen LogP contribution is 2.52. The fourth-order valence-corrected chi connectivity index (χ4v) is 2.77. The van der Waals surface area contributed by atoms with Gasteiger partial charge in [-0.2, -0.15) is 0 Å². The average molecular weight is 362 g/mol. The second kappa shape index (κ2) is 4.08. The van der Waals surface area contributed by atoms with Crippen LogP contribution in [-0.2, 0) is 9.47 Å². The van der Waals surface area contributed by atoms with Crippen molar-refractivity contribution in [2.24, 2.45) is 20.8 Å². The van der Waals surface area contributed by atoms with E-state index >= 15 is 0 Å². The number of halogens is 1. The predicted molar refractivity (Wildman–Crippen MR) is 79.5 cm³/mol. The monoisotopic (exact) mass is 362 g/mol. The molecule has 2 aliphatic heterocycles. The molecule has 3 aliphatic rings. The summed E-state index contributed by atoms with van der Waals surface area (Å²) in [4.78, 5) is 9.37. The van der Waals surface area contributed by atoms with E-state index in [1.54, 1.807) is 0 Å². The van der Waals surface area contributed by atoms with Gasteiger partial charge in [-0.1, -0.05) is 43.4 Å². The lowest BCUT2D eigenvalue weighted by atomic mass is 9.88. The molecule has 0 saturated heterocycles. The molecule has 0 spiro atoms. The summed E-state index contributed by atoms with van der Waals surface area (Å²) in [6.45, 7) is 8.00. The maximum atomic E-state index is 5.85. The van der Waals surface area contributed by atoms with Crippen molar-refractivity contribution in [3.05, 3.63) is 0 Å². The molecule has 3 rings (SSSR count). The highest BCUT2D eigenvalue weighted by Gasteiger charge is 2.58. The molecule has 0 aromatic heterocycles. The molecule has 2 atom stereocenters. The molecule has 0 aromatic rings. The molecule has 0 radical (unpaired) electrons. The molecule has 5 heteroatoms. The number of rotatable bonds is 2. The third kappa shape index (κ3) is 2.04. The largest absolute Gasteiger partial charge is 0.478 e. The summed E-state index contributed by atoms with van der Waals surface area (Å²) in [5.74, 6) is 1.72. The highest BCUT2D eigenvalue weighted by molar-refractivity contribution is 14.1. The maximum absolute atomic E-state index is 5.85. The Morgan fingerprint density at radius 3 is 2.17 bits per heavy atom. The van der Waals surface area contributed by atoms with Crippen molar-refractivity contribution >= 4 is 34.4 Å². The van der Waals surface area contributed by atoms with Gasteiger partial charge in [0, 0.05) is 0 Å². The Kier molecular flexibility index (Phi) is 2.88. The minimum absolute atomic E-state index is 0.111. The van der Waals surface area contributed by atoms with Crippen molar-refractivity contribution in [2.45, 2.75) is 43.7 Å². The van der Waals surface area contributed by atoms with Crippen LogP contribution in [0.1, 0.15) is 33.6 Å². The summed E-state index contributed by atoms with van der Waals surface area (Å²) in [6.07, 6.45) is 2.12. The zero-order valence-corrected chi connectivity index (χ0v) is 13.2. The summed E-state index contributed by atoms with van der Waals surface area (Å²) in [5, 5.41) is 0. The molecule has 0 bridgehead atoms. The van der Waals surface area contributed by atoms with Crippen LogP contribution < -0.4 is 0 Å². The van der Waals surface area contributed by atoms with Crippen LogP contribution in [0.25, 0.3) is 0 Å². The Balaban J connectivity index is 1.82. The molecule has 1 fully saturated rings. The van der Waals surface area contributed by atoms with Crippen LogP contribution in [0.15, 0.2) is 9.98 Å². The Hall–Kier alpha value is -0.330. The molecule has 0 N–H and O–H groups in total. The van der Waals surface area contributed by atoms with Crippen molar-refractivity contribution in [1.82, 2.24) is 0 Å². The van der Waals surface area contributed by atoms with Gasteiger partial charge in [0.2, 0.25) is 0 Å². The maximum Gasteiger partial charge on any atom is 0.200 e. The molecule has 0 unspecified atom stereocenters. The van der Waals surface area contributed by atoms with Crippen LogP contribution in [0.5, 0.6) is 0 Å². The van der Waals surface area contributed by atoms with Crippen LogP contribution in [-0.4, -0.2) is 35.1 Å². The van der Waals surface area contributed by atoms with Crippen LogP contribution in [0.2, 0.25) is 0 Å². The van der Waals surface area contributed by atoms with Crippen molar-refractivity contribution in [3.8, 4) is 0 Å². The van der Waals surface area contributed by atoms with Gasteiger partial charge < -0.3 is 9.47 Å². The lowest BCUT2D eigenvalue weighted by Gasteiger charge is -2.22. The Morgan fingerprint density at radius 1 is 1.11 bits per heavy atom. The van der Waals surface area contributed by atoms with Crippen LogP contribution in [0.4, 0.5) is 0 Å². The number of hydrogen-bond acceptors (Lipinski definition) is 4. The van der Waals surface area contributed by atoms with E-state index in [1.807, 2.05) is 0 Å². The van der Waals surface area contributed by atoms with Crippen LogP contribution >= 0.6 is 22.6 Å². The van der Waals surface area contributed by atoms with Crippen molar-refractivity contribution in [2.75, 3.05) is 13.2 Å². The first kappa shape index (κ1) is 12.7. The first-order valence-electron chi connectivity index (χ1n) is 6.48. The van der Waals surface area contributed by atoms with E-state index in [0.29, 0.717) is 13.2 Å². The minimum atomic E-state index is -0.111. The van der Waals surface area contributed by atoms with Gasteiger partial charge in [-0.3, -0.25) is 0 Å². The van der Waals surface area contributed by atoms with Gasteiger partial charge >= 0.3 is 0 Å². The lowest BCUT2D eigenvalue weighted by molar-refractivity contribution is 0.228. The smallest absolute Gasteiger partial charge is 0.200 e. The Morgan fingerprint density at radius 2 is 1.72 bits per heavy atom. The summed E-state index contributed by atoms with van der Waals surface area (Å²) in [5.41, 5.74) is 0.0435. The van der Waals surface area contributed by atoms with E-state index < -0.39 is 0 Å². The molecule has 4 nitrogen and oxygen atoms in total. The van der Waals surface area contributed by atoms with Gasteiger partial charge in [0.15, 0.2) is 11.8 Å². The zero-order chi connectivity index (χ0) is 13.0. The third-order valence-corrected chi connectivity index (χ3v) is 4.47. The molecule has 18 heavy (non-hydrogen) atoms. The van der Waals surface area contributed by atoms with Crippen molar-refractivity contribution in [3.63, 3.8) is 0 Å². The fourth-order valence-electron chi connectivity index (χ4n) is 2.33. The minimum Gasteiger partial charge on any atom is -0.478 e. The second-order valence-electron chi connectivity index (χ2n) is 6.39. The predicted octanol–water partition coefficient (Wildman–Crippen LogP) is 2.80. The van der Waals surface area contributed by atoms with Gasteiger partial charge in [-0.25, -0.2) is 9.98 Å². The summed E-state index contributed by atoms with van der Waals surface area (Å²) in [6, 6.07) is 0.252. The molecule has 100 valence electrons. The van der Waals surface area contributed by atoms with Crippen LogP contribution in [0.3, 0.4) is 0 Å². The summed E-state index contributed by atoms with van der Waals surface area (Å²) < 4.78 is 11.8. The SMILES string of the molecule is CC(C)(C)[C@H]1COC(C2(C3=N[C@@H](I)CO3)CC2)=N1. The summed E-state index contributed by atoms with van der Waals surface area (Å²) >= 11 is 2.30. The number of hydrogen-bond donors (Lipinski definition) is 0. The summed E-state index contributed by atoms with van der Waals surface area (Å²) in [7, 11) is 0. The normalized spacial score (nSPS) is 33.6. The standard InChI is InChI=1S/C13H19IN2O2/c1-12(2,3)8-6-17-10(15-8)13(4-5-13)11-16-9(14)7-18-11/h8-9H,4-7H2,1-3H3/t8-,9-/m1/s1. The Bertz CT molecular complexity index is 421. The molecule has 1 saturated carbocycles. The number of alkyl halides is 1. The van der Waals surface area contributed by atoms with Gasteiger partial charge in [-0.05, 0) is 18.3 Å². The highest BCUT2D eigenvalue weighted by atomic mass is 127. The molecular formula is C13H19IN2O2. The van der Waals surface area contributed by atoms with Crippen molar-refractivity contribution in [1.29, 1.82) is 0 Å². The number of aliphatic imine (C=N–C) groups is 2. The Labute approximate surface area is 121 Å². The van der Waals surface area contributed by atoms with Gasteiger partial charge in [0.25, 0.3) is 0 Å². The molecule has 0 aromatic carbocycles. The van der Waals surface area contributed by atoms with E-state index in [1.165, 1.54) is 0 Å². The average Bonchev–Trinajstić information content (AvgIpc) is 2.76. The topological polar surface area (TPSA) is 43.2 Å². The van der Waals surface area contributed by atoms with Crippen molar-refractivity contribution < 1.29 is 9.47 Å². The first-order chi connectivity index (χ1) is 8.42. The zero-order valence-electron chi connectivity index (χ0n) is 11.1. The molecule has 0 amide bonds. The number of ether oxygens (including phenoxy) is 2. The molecular weight excluding hydrogens is 343 g/mol. The molecule has 1 aliphatic carbocycles. The first-order valence-corrected chi connectivity index (χ1v) is 7.73. The van der Waals surface area contributed by atoms with E-state index in [2.05, 4.69) is 48.4 Å². The van der Waals surface area contributed by atoms with Gasteiger partial charge in [0.1, 0.15) is 22.7 Å². The second-order valence-corrected chi connectivity index (χ2v) is 7.83. The van der Waals surface area contributed by atoms with E-state index in [0.717, 1.165) is 24.6 Å². The molecule has 2 heterocycles. The van der Waals surface area contributed by atoms with Gasteiger partial charge in [-0.15, -0.1) is 0 Å². The quantitative estimate of drug-likeness (QED) is 0.431. The van der Waals surface area contributed by atoms with E-state index in [4.69, 9.17) is 14.5 Å². The fraction of sp³-hybridized carbons (Fsp3) is 0.846. The van der Waals surface area contributed by atoms with E-state index in [9.17, 15) is 0 Å². The van der Waals surface area contributed by atoms with E-state index in [-0.39, 0.29) is 20.9 Å². The number of nitrogens with zero attached hydrogens (tertiary/aromatic N) is 2. The third-order valence-electron chi connectivity index (χ3n) is 3.83.